The molecule has 0 aromatic carbocycles. The molecule has 0 aliphatic heterocycles. The molecule has 0 aromatic heterocycles. The third-order valence-electron chi connectivity index (χ3n) is 1.05. The predicted molar refractivity (Wildman–Crippen MR) is 53.0 cm³/mol. The maximum absolute atomic E-state index is 5.72. The van der Waals surface area contributed by atoms with Crippen LogP contribution in [0.1, 0.15) is 0 Å². The number of ether oxygens (including phenoxy) is 1. The fourth-order valence-electron chi connectivity index (χ4n) is 0.537. The molecule has 5 heteroatoms. The van der Waals surface area contributed by atoms with Crippen LogP contribution in [0.2, 0.25) is 0 Å². The highest BCUT2D eigenvalue weighted by atomic mass is 35.5. The molecule has 0 aliphatic rings. The lowest BCUT2D eigenvalue weighted by Crippen LogP contribution is -2.20. The van der Waals surface area contributed by atoms with Crippen LogP contribution in [0.5, 0.6) is 0 Å². The number of hydrogen-bond acceptors (Lipinski definition) is 3. The van der Waals surface area contributed by atoms with Crippen LogP contribution in [0.3, 0.4) is 0 Å². The third kappa shape index (κ3) is 8.01. The zero-order chi connectivity index (χ0) is 9.23. The number of methoxy groups -OCH3 is 1. The minimum Gasteiger partial charge on any atom is -0.383 e. The van der Waals surface area contributed by atoms with E-state index in [1.807, 2.05) is 0 Å². The summed E-state index contributed by atoms with van der Waals surface area (Å²) in [5.41, 5.74) is 1.16. The maximum atomic E-state index is 5.72. The molecule has 3 nitrogen and oxygen atoms in total. The summed E-state index contributed by atoms with van der Waals surface area (Å²) in [6.07, 6.45) is 1.49. The SMILES string of the molecule is COCCNC/C(Cl)=C\N=CCl. The lowest BCUT2D eigenvalue weighted by atomic mass is 10.5. The summed E-state index contributed by atoms with van der Waals surface area (Å²) in [6, 6.07) is 0. The first-order valence-electron chi connectivity index (χ1n) is 3.47. The summed E-state index contributed by atoms with van der Waals surface area (Å²) >= 11 is 10.9. The quantitative estimate of drug-likeness (QED) is 0.534. The van der Waals surface area contributed by atoms with Crippen molar-refractivity contribution in [2.75, 3.05) is 26.8 Å². The van der Waals surface area contributed by atoms with Crippen molar-refractivity contribution in [1.82, 2.24) is 5.32 Å². The molecule has 0 heterocycles. The van der Waals surface area contributed by atoms with Gasteiger partial charge in [0.25, 0.3) is 0 Å². The Morgan fingerprint density at radius 1 is 1.67 bits per heavy atom. The van der Waals surface area contributed by atoms with Crippen LogP contribution in [0.25, 0.3) is 0 Å². The van der Waals surface area contributed by atoms with E-state index in [2.05, 4.69) is 10.3 Å². The molecule has 0 radical (unpaired) electrons. The number of nitrogens with one attached hydrogen (secondary N) is 1. The van der Waals surface area contributed by atoms with Crippen molar-refractivity contribution in [3.63, 3.8) is 0 Å². The number of aliphatic imine (C=N–C) groups is 1. The largest absolute Gasteiger partial charge is 0.383 e. The first-order valence-corrected chi connectivity index (χ1v) is 4.28. The van der Waals surface area contributed by atoms with E-state index >= 15 is 0 Å². The van der Waals surface area contributed by atoms with Crippen LogP contribution in [-0.2, 0) is 4.74 Å². The van der Waals surface area contributed by atoms with Crippen LogP contribution in [0, 0.1) is 0 Å². The van der Waals surface area contributed by atoms with E-state index in [0.717, 1.165) is 12.2 Å². The monoisotopic (exact) mass is 210 g/mol. The van der Waals surface area contributed by atoms with Gasteiger partial charge >= 0.3 is 0 Å². The van der Waals surface area contributed by atoms with Crippen molar-refractivity contribution in [3.05, 3.63) is 11.2 Å². The van der Waals surface area contributed by atoms with E-state index in [0.29, 0.717) is 18.2 Å². The van der Waals surface area contributed by atoms with E-state index in [9.17, 15) is 0 Å². The molecule has 70 valence electrons. The number of nitrogens with zero attached hydrogens (tertiary/aromatic N) is 1. The van der Waals surface area contributed by atoms with Gasteiger partial charge in [-0.2, -0.15) is 0 Å². The van der Waals surface area contributed by atoms with Crippen molar-refractivity contribution < 1.29 is 4.74 Å². The summed E-state index contributed by atoms with van der Waals surface area (Å²) in [7, 11) is 1.65. The van der Waals surface area contributed by atoms with Gasteiger partial charge in [0.2, 0.25) is 0 Å². The van der Waals surface area contributed by atoms with E-state index in [1.165, 1.54) is 6.20 Å². The second-order valence-corrected chi connectivity index (χ2v) is 2.67. The highest BCUT2D eigenvalue weighted by Gasteiger charge is 1.89. The highest BCUT2D eigenvalue weighted by molar-refractivity contribution is 6.56. The van der Waals surface area contributed by atoms with Crippen molar-refractivity contribution in [1.29, 1.82) is 0 Å². The highest BCUT2D eigenvalue weighted by Crippen LogP contribution is 1.98. The molecular formula is C7H12Cl2N2O. The Labute approximate surface area is 82.4 Å². The molecule has 0 saturated carbocycles. The van der Waals surface area contributed by atoms with Crippen LogP contribution in [-0.4, -0.2) is 32.5 Å². The summed E-state index contributed by atoms with van der Waals surface area (Å²) in [4.78, 5) is 3.65. The van der Waals surface area contributed by atoms with Crippen LogP contribution >= 0.6 is 23.2 Å². The van der Waals surface area contributed by atoms with Gasteiger partial charge in [-0.05, 0) is 0 Å². The van der Waals surface area contributed by atoms with Gasteiger partial charge in [-0.25, -0.2) is 0 Å². The maximum Gasteiger partial charge on any atom is 0.0926 e. The first kappa shape index (κ1) is 11.9. The van der Waals surface area contributed by atoms with Crippen LogP contribution in [0.4, 0.5) is 0 Å². The van der Waals surface area contributed by atoms with Gasteiger partial charge in [0.1, 0.15) is 0 Å². The second kappa shape index (κ2) is 9.00. The van der Waals surface area contributed by atoms with Crippen LogP contribution < -0.4 is 5.32 Å². The molecule has 0 rings (SSSR count). The third-order valence-corrected chi connectivity index (χ3v) is 1.39. The molecule has 12 heavy (non-hydrogen) atoms. The standard InChI is InChI=1S/C7H12Cl2N2O/c1-12-3-2-10-4-7(9)5-11-6-8/h5-6,10H,2-4H2,1H3/b7-5+,11-6?. The number of halogens is 2. The molecule has 0 amide bonds. The van der Waals surface area contributed by atoms with Gasteiger partial charge in [-0.15, -0.1) is 0 Å². The minimum absolute atomic E-state index is 0.582. The lowest BCUT2D eigenvalue weighted by Gasteiger charge is -2.00. The average Bonchev–Trinajstić information content (AvgIpc) is 2.09. The second-order valence-electron chi connectivity index (χ2n) is 1.99. The molecular weight excluding hydrogens is 199 g/mol. The zero-order valence-corrected chi connectivity index (χ0v) is 8.40. The Morgan fingerprint density at radius 2 is 2.42 bits per heavy atom. The van der Waals surface area contributed by atoms with Gasteiger partial charge in [-0.3, -0.25) is 4.99 Å². The summed E-state index contributed by atoms with van der Waals surface area (Å²) in [5.74, 6) is 0. The van der Waals surface area contributed by atoms with Gasteiger partial charge in [0, 0.05) is 26.4 Å². The van der Waals surface area contributed by atoms with Gasteiger partial charge in [-0.1, -0.05) is 23.2 Å². The summed E-state index contributed by atoms with van der Waals surface area (Å²) < 4.78 is 4.83. The first-order chi connectivity index (χ1) is 5.81. The molecule has 0 unspecified atom stereocenters. The Bertz CT molecular complexity index is 159. The smallest absolute Gasteiger partial charge is 0.0926 e. The Hall–Kier alpha value is -0.0900. The minimum atomic E-state index is 0.582. The zero-order valence-electron chi connectivity index (χ0n) is 6.89. The van der Waals surface area contributed by atoms with Crippen molar-refractivity contribution in [2.24, 2.45) is 4.99 Å². The topological polar surface area (TPSA) is 33.6 Å². The fourth-order valence-corrected chi connectivity index (χ4v) is 0.744. The van der Waals surface area contributed by atoms with Crippen LogP contribution in [0.15, 0.2) is 16.2 Å². The molecule has 1 N–H and O–H groups in total. The molecule has 0 aliphatic carbocycles. The predicted octanol–water partition coefficient (Wildman–Crippen LogP) is 1.57. The van der Waals surface area contributed by atoms with Gasteiger partial charge in [0.05, 0.1) is 17.3 Å². The van der Waals surface area contributed by atoms with Crippen molar-refractivity contribution in [2.45, 2.75) is 0 Å². The number of rotatable bonds is 6. The average molecular weight is 211 g/mol. The fraction of sp³-hybridized carbons (Fsp3) is 0.571. The lowest BCUT2D eigenvalue weighted by molar-refractivity contribution is 0.200. The molecule has 0 fully saturated rings. The van der Waals surface area contributed by atoms with Crippen molar-refractivity contribution in [3.8, 4) is 0 Å². The number of hydrogen-bond donors (Lipinski definition) is 1. The molecule has 0 atom stereocenters. The summed E-state index contributed by atoms with van der Waals surface area (Å²) in [5, 5.41) is 3.67. The normalized spacial score (nSPS) is 12.8. The molecule has 0 saturated heterocycles. The molecule has 0 aromatic rings. The molecule has 0 spiro atoms. The van der Waals surface area contributed by atoms with Crippen molar-refractivity contribution >= 4 is 28.9 Å². The Balaban J connectivity index is 3.36. The van der Waals surface area contributed by atoms with E-state index in [1.54, 1.807) is 7.11 Å². The Morgan fingerprint density at radius 3 is 3.00 bits per heavy atom. The van der Waals surface area contributed by atoms with E-state index < -0.39 is 0 Å². The molecule has 0 bridgehead atoms. The Kier molecular flexibility index (Phi) is 8.93. The van der Waals surface area contributed by atoms with E-state index in [4.69, 9.17) is 27.9 Å². The van der Waals surface area contributed by atoms with E-state index in [-0.39, 0.29) is 0 Å². The van der Waals surface area contributed by atoms with Gasteiger partial charge in [0.15, 0.2) is 0 Å². The van der Waals surface area contributed by atoms with Gasteiger partial charge < -0.3 is 10.1 Å². The summed E-state index contributed by atoms with van der Waals surface area (Å²) in [6.45, 7) is 2.02.